The summed E-state index contributed by atoms with van der Waals surface area (Å²) in [7, 11) is 0. The molecule has 0 bridgehead atoms. The van der Waals surface area contributed by atoms with E-state index in [0.717, 1.165) is 12.3 Å². The van der Waals surface area contributed by atoms with E-state index in [2.05, 4.69) is 4.98 Å². The second-order valence-corrected chi connectivity index (χ2v) is 4.18. The highest BCUT2D eigenvalue weighted by Gasteiger charge is 2.35. The van der Waals surface area contributed by atoms with E-state index in [1.807, 2.05) is 0 Å². The van der Waals surface area contributed by atoms with E-state index < -0.39 is 53.1 Å². The van der Waals surface area contributed by atoms with Gasteiger partial charge in [0, 0.05) is 12.7 Å². The molecule has 116 valence electrons. The number of halogens is 4. The zero-order valence-electron chi connectivity index (χ0n) is 10.3. The molecule has 11 heteroatoms. The number of hydrogen-bond acceptors (Lipinski definition) is 5. The Hall–Kier alpha value is -1.94. The van der Waals surface area contributed by atoms with Crippen LogP contribution >= 0.6 is 11.6 Å². The molecule has 0 saturated heterocycles. The van der Waals surface area contributed by atoms with Gasteiger partial charge in [-0.05, 0) is 6.07 Å². The van der Waals surface area contributed by atoms with Gasteiger partial charge in [-0.15, -0.1) is 0 Å². The smallest absolute Gasteiger partial charge is 0.395 e. The average molecular weight is 328 g/mol. The number of nitro groups is 1. The number of amides is 1. The van der Waals surface area contributed by atoms with E-state index in [1.165, 1.54) is 0 Å². The molecule has 0 aromatic carbocycles. The van der Waals surface area contributed by atoms with E-state index in [0.29, 0.717) is 0 Å². The molecule has 0 aliphatic carbocycles. The van der Waals surface area contributed by atoms with Crippen LogP contribution in [0.25, 0.3) is 0 Å². The van der Waals surface area contributed by atoms with E-state index in [9.17, 15) is 28.1 Å². The summed E-state index contributed by atoms with van der Waals surface area (Å²) in [6.07, 6.45) is -3.75. The number of alkyl halides is 3. The van der Waals surface area contributed by atoms with Gasteiger partial charge in [-0.1, -0.05) is 11.6 Å². The van der Waals surface area contributed by atoms with Crippen LogP contribution in [0, 0.1) is 10.1 Å². The Morgan fingerprint density at radius 1 is 1.52 bits per heavy atom. The molecule has 0 fully saturated rings. The summed E-state index contributed by atoms with van der Waals surface area (Å²) in [5, 5.41) is 19.0. The summed E-state index contributed by atoms with van der Waals surface area (Å²) in [6, 6.07) is 0.896. The summed E-state index contributed by atoms with van der Waals surface area (Å²) in [6.45, 7) is -3.01. The number of aromatic nitrogens is 1. The summed E-state index contributed by atoms with van der Waals surface area (Å²) < 4.78 is 37.2. The van der Waals surface area contributed by atoms with Crippen LogP contribution in [0.2, 0.25) is 5.15 Å². The monoisotopic (exact) mass is 327 g/mol. The number of carbonyl (C=O) groups is 1. The van der Waals surface area contributed by atoms with Gasteiger partial charge in [0.05, 0.1) is 11.5 Å². The van der Waals surface area contributed by atoms with Gasteiger partial charge in [0.15, 0.2) is 0 Å². The van der Waals surface area contributed by atoms with Crippen LogP contribution in [0.4, 0.5) is 18.9 Å². The normalized spacial score (nSPS) is 11.3. The molecule has 1 aromatic heterocycles. The van der Waals surface area contributed by atoms with Crippen molar-refractivity contribution < 1.29 is 28.0 Å². The van der Waals surface area contributed by atoms with Crippen LogP contribution in [-0.4, -0.2) is 51.7 Å². The molecular formula is C10H9ClF3N3O4. The molecule has 1 N–H and O–H groups in total. The molecule has 0 atom stereocenters. The number of rotatable bonds is 5. The Labute approximate surface area is 121 Å². The number of pyridine rings is 1. The average Bonchev–Trinajstić information content (AvgIpc) is 2.35. The van der Waals surface area contributed by atoms with Gasteiger partial charge in [-0.3, -0.25) is 14.9 Å². The van der Waals surface area contributed by atoms with Crippen molar-refractivity contribution >= 4 is 23.2 Å². The number of aliphatic hydroxyl groups excluding tert-OH is 1. The fourth-order valence-electron chi connectivity index (χ4n) is 1.53. The predicted molar refractivity (Wildman–Crippen MR) is 64.9 cm³/mol. The summed E-state index contributed by atoms with van der Waals surface area (Å²) in [5.74, 6) is -1.27. The lowest BCUT2D eigenvalue weighted by Crippen LogP contribution is -2.40. The van der Waals surface area contributed by atoms with Crippen molar-refractivity contribution in [2.45, 2.75) is 6.18 Å². The first kappa shape index (κ1) is 17.1. The lowest BCUT2D eigenvalue weighted by molar-refractivity contribution is -0.385. The number of carbonyl (C=O) groups excluding carboxylic acids is 1. The van der Waals surface area contributed by atoms with Crippen LogP contribution in [-0.2, 0) is 0 Å². The summed E-state index contributed by atoms with van der Waals surface area (Å²) >= 11 is 5.49. The minimum absolute atomic E-state index is 0.249. The predicted octanol–water partition coefficient (Wildman–Crippen LogP) is 1.64. The first-order valence-electron chi connectivity index (χ1n) is 5.43. The molecule has 0 radical (unpaired) electrons. The van der Waals surface area contributed by atoms with Crippen LogP contribution < -0.4 is 0 Å². The number of aliphatic hydroxyl groups is 1. The second-order valence-electron chi connectivity index (χ2n) is 3.82. The van der Waals surface area contributed by atoms with E-state index in [1.54, 1.807) is 0 Å². The first-order valence-corrected chi connectivity index (χ1v) is 5.81. The third-order valence-corrected chi connectivity index (χ3v) is 2.60. The van der Waals surface area contributed by atoms with Crippen molar-refractivity contribution in [2.75, 3.05) is 19.7 Å². The van der Waals surface area contributed by atoms with Crippen LogP contribution in [0.5, 0.6) is 0 Å². The van der Waals surface area contributed by atoms with Crippen molar-refractivity contribution in [1.29, 1.82) is 0 Å². The Morgan fingerprint density at radius 3 is 2.62 bits per heavy atom. The zero-order chi connectivity index (χ0) is 16.2. The van der Waals surface area contributed by atoms with Gasteiger partial charge in [0.2, 0.25) is 5.15 Å². The maximum absolute atomic E-state index is 12.4. The molecule has 1 heterocycles. The van der Waals surface area contributed by atoms with Crippen molar-refractivity contribution in [3.63, 3.8) is 0 Å². The quantitative estimate of drug-likeness (QED) is 0.504. The van der Waals surface area contributed by atoms with Gasteiger partial charge in [0.1, 0.15) is 12.1 Å². The van der Waals surface area contributed by atoms with E-state index in [4.69, 9.17) is 16.7 Å². The minimum atomic E-state index is -4.71. The molecule has 0 unspecified atom stereocenters. The molecule has 0 spiro atoms. The Kier molecular flexibility index (Phi) is 5.44. The van der Waals surface area contributed by atoms with Crippen LogP contribution in [0.1, 0.15) is 10.4 Å². The highest BCUT2D eigenvalue weighted by atomic mass is 35.5. The Balaban J connectivity index is 3.21. The molecular weight excluding hydrogens is 319 g/mol. The number of hydrogen-bond donors (Lipinski definition) is 1. The first-order chi connectivity index (χ1) is 9.67. The Bertz CT molecular complexity index is 553. The molecule has 1 amide bonds. The SMILES string of the molecule is O=C(c1ccnc(Cl)c1[N+](=O)[O-])N(CCO)CC(F)(F)F. The molecule has 0 aliphatic heterocycles. The van der Waals surface area contributed by atoms with Gasteiger partial charge in [-0.25, -0.2) is 4.98 Å². The molecule has 0 aliphatic rings. The second kappa shape index (κ2) is 6.68. The molecule has 1 aromatic rings. The van der Waals surface area contributed by atoms with Gasteiger partial charge in [-0.2, -0.15) is 13.2 Å². The third-order valence-electron chi connectivity index (χ3n) is 2.32. The summed E-state index contributed by atoms with van der Waals surface area (Å²) in [4.78, 5) is 25.5. The fraction of sp³-hybridized carbons (Fsp3) is 0.400. The molecule has 7 nitrogen and oxygen atoms in total. The standard InChI is InChI=1S/C10H9ClF3N3O4/c11-8-7(17(20)21)6(1-2-15-8)9(19)16(3-4-18)5-10(12,13)14/h1-2,18H,3-5H2. The summed E-state index contributed by atoms with van der Waals surface area (Å²) in [5.41, 5.74) is -1.51. The van der Waals surface area contributed by atoms with Gasteiger partial charge >= 0.3 is 11.9 Å². The molecule has 1 rings (SSSR count). The van der Waals surface area contributed by atoms with E-state index >= 15 is 0 Å². The van der Waals surface area contributed by atoms with E-state index in [-0.39, 0.29) is 4.90 Å². The topological polar surface area (TPSA) is 96.6 Å². The lowest BCUT2D eigenvalue weighted by Gasteiger charge is -2.23. The van der Waals surface area contributed by atoms with Crippen LogP contribution in [0.15, 0.2) is 12.3 Å². The van der Waals surface area contributed by atoms with Gasteiger partial charge in [0.25, 0.3) is 5.91 Å². The molecule has 0 saturated carbocycles. The maximum atomic E-state index is 12.4. The van der Waals surface area contributed by atoms with Crippen molar-refractivity contribution in [1.82, 2.24) is 9.88 Å². The van der Waals surface area contributed by atoms with Crippen LogP contribution in [0.3, 0.4) is 0 Å². The van der Waals surface area contributed by atoms with Crippen molar-refractivity contribution in [3.8, 4) is 0 Å². The molecule has 21 heavy (non-hydrogen) atoms. The highest BCUT2D eigenvalue weighted by Crippen LogP contribution is 2.28. The third kappa shape index (κ3) is 4.53. The van der Waals surface area contributed by atoms with Crippen molar-refractivity contribution in [2.24, 2.45) is 0 Å². The highest BCUT2D eigenvalue weighted by molar-refractivity contribution is 6.32. The van der Waals surface area contributed by atoms with Gasteiger partial charge < -0.3 is 10.0 Å². The largest absolute Gasteiger partial charge is 0.406 e. The van der Waals surface area contributed by atoms with Crippen molar-refractivity contribution in [3.05, 3.63) is 33.1 Å². The minimum Gasteiger partial charge on any atom is -0.395 e. The lowest BCUT2D eigenvalue weighted by atomic mass is 10.2. The number of nitrogens with zero attached hydrogens (tertiary/aromatic N) is 3. The Morgan fingerprint density at radius 2 is 2.14 bits per heavy atom. The zero-order valence-corrected chi connectivity index (χ0v) is 11.1. The fourth-order valence-corrected chi connectivity index (χ4v) is 1.76. The maximum Gasteiger partial charge on any atom is 0.406 e.